The van der Waals surface area contributed by atoms with Crippen molar-refractivity contribution in [2.24, 2.45) is 11.7 Å². The highest BCUT2D eigenvalue weighted by molar-refractivity contribution is 5.96. The van der Waals surface area contributed by atoms with Crippen LogP contribution in [0.15, 0.2) is 24.3 Å². The summed E-state index contributed by atoms with van der Waals surface area (Å²) >= 11 is 0. The lowest BCUT2D eigenvalue weighted by Crippen LogP contribution is -2.48. The van der Waals surface area contributed by atoms with Gasteiger partial charge in [0.1, 0.15) is 0 Å². The molecule has 2 atom stereocenters. The van der Waals surface area contributed by atoms with Crippen LogP contribution in [-0.4, -0.2) is 31.1 Å². The Labute approximate surface area is 118 Å². The van der Waals surface area contributed by atoms with Crippen LogP contribution in [0.1, 0.15) is 23.7 Å². The van der Waals surface area contributed by atoms with Gasteiger partial charge in [0, 0.05) is 17.3 Å². The number of primary amides is 1. The van der Waals surface area contributed by atoms with Crippen LogP contribution in [0, 0.1) is 5.92 Å². The first-order chi connectivity index (χ1) is 9.56. The van der Waals surface area contributed by atoms with E-state index < -0.39 is 6.03 Å². The van der Waals surface area contributed by atoms with Gasteiger partial charge >= 0.3 is 6.03 Å². The summed E-state index contributed by atoms with van der Waals surface area (Å²) in [5.41, 5.74) is 6.09. The van der Waals surface area contributed by atoms with Crippen molar-refractivity contribution in [3.05, 3.63) is 29.8 Å². The molecule has 1 aliphatic rings. The minimum Gasteiger partial charge on any atom is -0.351 e. The van der Waals surface area contributed by atoms with Crippen molar-refractivity contribution in [2.45, 2.75) is 19.4 Å². The van der Waals surface area contributed by atoms with E-state index in [4.69, 9.17) is 5.73 Å². The highest BCUT2D eigenvalue weighted by Gasteiger charge is 2.23. The lowest BCUT2D eigenvalue weighted by atomic mass is 9.95. The molecular formula is C14H20N4O2. The molecule has 0 bridgehead atoms. The van der Waals surface area contributed by atoms with Crippen LogP contribution in [-0.2, 0) is 0 Å². The normalized spacial score (nSPS) is 22.1. The predicted octanol–water partition coefficient (Wildman–Crippen LogP) is 0.905. The number of anilines is 1. The zero-order valence-corrected chi connectivity index (χ0v) is 11.5. The topological polar surface area (TPSA) is 96.2 Å². The third-order valence-electron chi connectivity index (χ3n) is 3.49. The Bertz CT molecular complexity index is 504. The standard InChI is InChI=1S/C14H20N4O2/c1-9-8-16-6-5-12(9)18-13(19)10-3-2-4-11(7-10)17-14(15)20/h2-4,7,9,12,16H,5-6,8H2,1H3,(H,18,19)(H3,15,17,20). The summed E-state index contributed by atoms with van der Waals surface area (Å²) in [5.74, 6) is 0.275. The van der Waals surface area contributed by atoms with E-state index >= 15 is 0 Å². The molecule has 1 heterocycles. The number of carbonyl (C=O) groups excluding carboxylic acids is 2. The van der Waals surface area contributed by atoms with Crippen LogP contribution in [0.2, 0.25) is 0 Å². The van der Waals surface area contributed by atoms with Crippen LogP contribution < -0.4 is 21.7 Å². The zero-order valence-electron chi connectivity index (χ0n) is 11.5. The second-order valence-corrected chi connectivity index (χ2v) is 5.12. The number of carbonyl (C=O) groups is 2. The molecule has 1 aromatic carbocycles. The van der Waals surface area contributed by atoms with E-state index in [0.29, 0.717) is 17.2 Å². The third-order valence-corrected chi connectivity index (χ3v) is 3.49. The number of hydrogen-bond donors (Lipinski definition) is 4. The maximum Gasteiger partial charge on any atom is 0.316 e. The summed E-state index contributed by atoms with van der Waals surface area (Å²) in [6.07, 6.45) is 0.923. The monoisotopic (exact) mass is 276 g/mol. The summed E-state index contributed by atoms with van der Waals surface area (Å²) in [4.78, 5) is 23.0. The largest absolute Gasteiger partial charge is 0.351 e. The Morgan fingerprint density at radius 2 is 2.20 bits per heavy atom. The number of piperidine rings is 1. The molecule has 1 fully saturated rings. The van der Waals surface area contributed by atoms with Crippen LogP contribution in [0.3, 0.4) is 0 Å². The maximum atomic E-state index is 12.2. The molecule has 0 aromatic heterocycles. The molecule has 2 rings (SSSR count). The van der Waals surface area contributed by atoms with Gasteiger partial charge in [-0.3, -0.25) is 4.79 Å². The third kappa shape index (κ3) is 3.71. The van der Waals surface area contributed by atoms with E-state index in [2.05, 4.69) is 22.9 Å². The summed E-state index contributed by atoms with van der Waals surface area (Å²) in [5, 5.41) is 8.80. The Balaban J connectivity index is 2.03. The highest BCUT2D eigenvalue weighted by Crippen LogP contribution is 2.14. The molecule has 0 aliphatic carbocycles. The van der Waals surface area contributed by atoms with Gasteiger partial charge < -0.3 is 21.7 Å². The van der Waals surface area contributed by atoms with Crippen molar-refractivity contribution >= 4 is 17.6 Å². The quantitative estimate of drug-likeness (QED) is 0.660. The lowest BCUT2D eigenvalue weighted by Gasteiger charge is -2.30. The molecule has 5 N–H and O–H groups in total. The van der Waals surface area contributed by atoms with Crippen molar-refractivity contribution < 1.29 is 9.59 Å². The summed E-state index contributed by atoms with van der Waals surface area (Å²) < 4.78 is 0. The van der Waals surface area contributed by atoms with Gasteiger partial charge in [-0.15, -0.1) is 0 Å². The Kier molecular flexibility index (Phi) is 4.57. The van der Waals surface area contributed by atoms with Gasteiger partial charge in [-0.2, -0.15) is 0 Å². The highest BCUT2D eigenvalue weighted by atomic mass is 16.2. The lowest BCUT2D eigenvalue weighted by molar-refractivity contribution is 0.0914. The number of urea groups is 1. The fourth-order valence-corrected chi connectivity index (χ4v) is 2.36. The molecule has 1 aromatic rings. The Hall–Kier alpha value is -2.08. The molecule has 108 valence electrons. The van der Waals surface area contributed by atoms with Gasteiger partial charge in [0.2, 0.25) is 0 Å². The first-order valence-corrected chi connectivity index (χ1v) is 6.74. The Morgan fingerprint density at radius 3 is 2.90 bits per heavy atom. The van der Waals surface area contributed by atoms with Crippen molar-refractivity contribution in [3.63, 3.8) is 0 Å². The molecule has 0 spiro atoms. The number of amides is 3. The molecule has 1 aliphatic heterocycles. The average Bonchev–Trinajstić information content (AvgIpc) is 2.41. The van der Waals surface area contributed by atoms with E-state index in [0.717, 1.165) is 19.5 Å². The fourth-order valence-electron chi connectivity index (χ4n) is 2.36. The van der Waals surface area contributed by atoms with E-state index in [1.807, 2.05) is 0 Å². The van der Waals surface area contributed by atoms with Crippen LogP contribution >= 0.6 is 0 Å². The molecule has 6 nitrogen and oxygen atoms in total. The molecular weight excluding hydrogens is 256 g/mol. The van der Waals surface area contributed by atoms with Crippen LogP contribution in [0.4, 0.5) is 10.5 Å². The van der Waals surface area contributed by atoms with E-state index in [-0.39, 0.29) is 11.9 Å². The molecule has 6 heteroatoms. The zero-order chi connectivity index (χ0) is 14.5. The summed E-state index contributed by atoms with van der Waals surface area (Å²) in [7, 11) is 0. The predicted molar refractivity (Wildman–Crippen MR) is 77.6 cm³/mol. The first kappa shape index (κ1) is 14.3. The van der Waals surface area contributed by atoms with Crippen LogP contribution in [0.5, 0.6) is 0 Å². The molecule has 20 heavy (non-hydrogen) atoms. The van der Waals surface area contributed by atoms with Gasteiger partial charge in [0.15, 0.2) is 0 Å². The van der Waals surface area contributed by atoms with Crippen molar-refractivity contribution in [2.75, 3.05) is 18.4 Å². The second-order valence-electron chi connectivity index (χ2n) is 5.12. The minimum atomic E-state index is -0.644. The van der Waals surface area contributed by atoms with Gasteiger partial charge in [-0.1, -0.05) is 13.0 Å². The van der Waals surface area contributed by atoms with Gasteiger partial charge in [-0.05, 0) is 43.6 Å². The molecule has 0 radical (unpaired) electrons. The number of hydrogen-bond acceptors (Lipinski definition) is 3. The van der Waals surface area contributed by atoms with Gasteiger partial charge in [0.25, 0.3) is 5.91 Å². The summed E-state index contributed by atoms with van der Waals surface area (Å²) in [6, 6.07) is 6.27. The minimum absolute atomic E-state index is 0.128. The number of rotatable bonds is 3. The second kappa shape index (κ2) is 6.38. The molecule has 2 unspecified atom stereocenters. The van der Waals surface area contributed by atoms with Crippen molar-refractivity contribution in [1.82, 2.24) is 10.6 Å². The SMILES string of the molecule is CC1CNCCC1NC(=O)c1cccc(NC(N)=O)c1. The Morgan fingerprint density at radius 1 is 1.40 bits per heavy atom. The number of nitrogens with one attached hydrogen (secondary N) is 3. The smallest absolute Gasteiger partial charge is 0.316 e. The van der Waals surface area contributed by atoms with Gasteiger partial charge in [-0.25, -0.2) is 4.79 Å². The van der Waals surface area contributed by atoms with Crippen molar-refractivity contribution in [1.29, 1.82) is 0 Å². The fraction of sp³-hybridized carbons (Fsp3) is 0.429. The average molecular weight is 276 g/mol. The number of benzene rings is 1. The molecule has 0 saturated carbocycles. The molecule has 3 amide bonds. The summed E-state index contributed by atoms with van der Waals surface area (Å²) in [6.45, 7) is 3.94. The molecule has 1 saturated heterocycles. The number of nitrogens with two attached hydrogens (primary N) is 1. The first-order valence-electron chi connectivity index (χ1n) is 6.74. The van der Waals surface area contributed by atoms with E-state index in [1.165, 1.54) is 0 Å². The van der Waals surface area contributed by atoms with Crippen LogP contribution in [0.25, 0.3) is 0 Å². The van der Waals surface area contributed by atoms with E-state index in [1.54, 1.807) is 24.3 Å². The van der Waals surface area contributed by atoms with Gasteiger partial charge in [0.05, 0.1) is 0 Å². The maximum absolute atomic E-state index is 12.2. The van der Waals surface area contributed by atoms with E-state index in [9.17, 15) is 9.59 Å². The van der Waals surface area contributed by atoms with Crippen molar-refractivity contribution in [3.8, 4) is 0 Å².